The average molecular weight is 276 g/mol. The Hall–Kier alpha value is -0.900. The first-order valence-electron chi connectivity index (χ1n) is 7.75. The van der Waals surface area contributed by atoms with Crippen LogP contribution in [0.15, 0.2) is 30.3 Å². The van der Waals surface area contributed by atoms with Crippen LogP contribution in [0, 0.1) is 5.41 Å². The zero-order valence-electron chi connectivity index (χ0n) is 12.9. The van der Waals surface area contributed by atoms with E-state index in [0.29, 0.717) is 5.41 Å². The highest BCUT2D eigenvalue weighted by molar-refractivity contribution is 5.14. The van der Waals surface area contributed by atoms with Crippen molar-refractivity contribution in [3.05, 3.63) is 35.9 Å². The van der Waals surface area contributed by atoms with Gasteiger partial charge in [0.2, 0.25) is 0 Å². The second kappa shape index (κ2) is 7.77. The van der Waals surface area contributed by atoms with E-state index in [1.165, 1.54) is 18.4 Å². The molecule has 20 heavy (non-hydrogen) atoms. The molecule has 0 aromatic heterocycles. The van der Waals surface area contributed by atoms with E-state index in [4.69, 9.17) is 4.74 Å². The summed E-state index contributed by atoms with van der Waals surface area (Å²) in [5, 5.41) is 3.55. The summed E-state index contributed by atoms with van der Waals surface area (Å²) in [6.45, 7) is 8.31. The van der Waals surface area contributed by atoms with Crippen molar-refractivity contribution < 1.29 is 4.74 Å². The SMILES string of the molecule is CCNCC1(CN(C)Cc2ccccc2)CCOCC1. The van der Waals surface area contributed by atoms with E-state index in [2.05, 4.69) is 54.5 Å². The fourth-order valence-electron chi connectivity index (χ4n) is 3.11. The Balaban J connectivity index is 1.92. The molecule has 0 radical (unpaired) electrons. The molecule has 0 unspecified atom stereocenters. The Labute approximate surface area is 123 Å². The molecule has 1 aromatic rings. The predicted molar refractivity (Wildman–Crippen MR) is 83.8 cm³/mol. The number of nitrogens with zero attached hydrogens (tertiary/aromatic N) is 1. The van der Waals surface area contributed by atoms with Crippen molar-refractivity contribution in [3.63, 3.8) is 0 Å². The number of ether oxygens (including phenoxy) is 1. The molecular formula is C17H28N2O. The molecule has 112 valence electrons. The van der Waals surface area contributed by atoms with Gasteiger partial charge in [-0.05, 0) is 37.4 Å². The molecule has 1 heterocycles. The molecule has 3 heteroatoms. The minimum atomic E-state index is 0.373. The maximum Gasteiger partial charge on any atom is 0.0472 e. The number of hydrogen-bond acceptors (Lipinski definition) is 3. The van der Waals surface area contributed by atoms with Gasteiger partial charge in [-0.25, -0.2) is 0 Å². The lowest BCUT2D eigenvalue weighted by Gasteiger charge is -2.40. The van der Waals surface area contributed by atoms with E-state index < -0.39 is 0 Å². The average Bonchev–Trinajstić information content (AvgIpc) is 2.47. The maximum atomic E-state index is 5.56. The fourth-order valence-corrected chi connectivity index (χ4v) is 3.11. The molecule has 0 saturated carbocycles. The molecular weight excluding hydrogens is 248 g/mol. The molecule has 0 amide bonds. The first-order chi connectivity index (χ1) is 9.74. The van der Waals surface area contributed by atoms with Crippen molar-refractivity contribution in [1.29, 1.82) is 0 Å². The maximum absolute atomic E-state index is 5.56. The van der Waals surface area contributed by atoms with Crippen molar-refractivity contribution in [2.24, 2.45) is 5.41 Å². The third-order valence-electron chi connectivity index (χ3n) is 4.20. The Morgan fingerprint density at radius 3 is 2.55 bits per heavy atom. The molecule has 1 saturated heterocycles. The van der Waals surface area contributed by atoms with Crippen LogP contribution in [-0.2, 0) is 11.3 Å². The minimum Gasteiger partial charge on any atom is -0.381 e. The third kappa shape index (κ3) is 4.58. The van der Waals surface area contributed by atoms with Gasteiger partial charge in [0, 0.05) is 32.8 Å². The fraction of sp³-hybridized carbons (Fsp3) is 0.647. The van der Waals surface area contributed by atoms with E-state index in [1.54, 1.807) is 0 Å². The summed E-state index contributed by atoms with van der Waals surface area (Å²) in [6.07, 6.45) is 2.33. The van der Waals surface area contributed by atoms with E-state index in [9.17, 15) is 0 Å². The van der Waals surface area contributed by atoms with E-state index in [1.807, 2.05) is 0 Å². The summed E-state index contributed by atoms with van der Waals surface area (Å²) in [7, 11) is 2.23. The molecule has 1 aliphatic rings. The molecule has 1 fully saturated rings. The van der Waals surface area contributed by atoms with Gasteiger partial charge in [0.25, 0.3) is 0 Å². The number of rotatable bonds is 7. The minimum absolute atomic E-state index is 0.373. The van der Waals surface area contributed by atoms with Gasteiger partial charge >= 0.3 is 0 Å². The second-order valence-corrected chi connectivity index (χ2v) is 6.05. The zero-order valence-corrected chi connectivity index (χ0v) is 12.9. The molecule has 2 rings (SSSR count). The Morgan fingerprint density at radius 2 is 1.90 bits per heavy atom. The topological polar surface area (TPSA) is 24.5 Å². The van der Waals surface area contributed by atoms with Crippen molar-refractivity contribution in [2.45, 2.75) is 26.3 Å². The molecule has 0 spiro atoms. The quantitative estimate of drug-likeness (QED) is 0.828. The van der Waals surface area contributed by atoms with Crippen LogP contribution in [0.3, 0.4) is 0 Å². The Bertz CT molecular complexity index is 374. The highest BCUT2D eigenvalue weighted by atomic mass is 16.5. The van der Waals surface area contributed by atoms with Gasteiger partial charge in [-0.15, -0.1) is 0 Å². The largest absolute Gasteiger partial charge is 0.381 e. The molecule has 1 aromatic carbocycles. The second-order valence-electron chi connectivity index (χ2n) is 6.05. The van der Waals surface area contributed by atoms with Crippen LogP contribution < -0.4 is 5.32 Å². The summed E-state index contributed by atoms with van der Waals surface area (Å²) in [5.74, 6) is 0. The van der Waals surface area contributed by atoms with Crippen molar-refractivity contribution >= 4 is 0 Å². The lowest BCUT2D eigenvalue weighted by Crippen LogP contribution is -2.46. The molecule has 0 atom stereocenters. The predicted octanol–water partition coefficient (Wildman–Crippen LogP) is 2.52. The van der Waals surface area contributed by atoms with Gasteiger partial charge in [0.1, 0.15) is 0 Å². The van der Waals surface area contributed by atoms with Crippen LogP contribution in [-0.4, -0.2) is 44.8 Å². The Morgan fingerprint density at radius 1 is 1.20 bits per heavy atom. The zero-order chi connectivity index (χ0) is 14.3. The molecule has 1 N–H and O–H groups in total. The van der Waals surface area contributed by atoms with Crippen LogP contribution in [0.25, 0.3) is 0 Å². The lowest BCUT2D eigenvalue weighted by atomic mass is 9.79. The van der Waals surface area contributed by atoms with Gasteiger partial charge in [0.15, 0.2) is 0 Å². The van der Waals surface area contributed by atoms with Crippen LogP contribution >= 0.6 is 0 Å². The van der Waals surface area contributed by atoms with Crippen LogP contribution in [0.1, 0.15) is 25.3 Å². The molecule has 3 nitrogen and oxygen atoms in total. The first kappa shape index (κ1) is 15.5. The standard InChI is InChI=1S/C17H28N2O/c1-3-18-14-17(9-11-20-12-10-17)15-19(2)13-16-7-5-4-6-8-16/h4-8,18H,3,9-15H2,1-2H3. The first-order valence-corrected chi connectivity index (χ1v) is 7.75. The lowest BCUT2D eigenvalue weighted by molar-refractivity contribution is -0.00139. The molecule has 0 bridgehead atoms. The Kier molecular flexibility index (Phi) is 6.02. The third-order valence-corrected chi connectivity index (χ3v) is 4.20. The molecule has 0 aliphatic carbocycles. The summed E-state index contributed by atoms with van der Waals surface area (Å²) >= 11 is 0. The summed E-state index contributed by atoms with van der Waals surface area (Å²) < 4.78 is 5.56. The van der Waals surface area contributed by atoms with Gasteiger partial charge in [-0.1, -0.05) is 37.3 Å². The smallest absolute Gasteiger partial charge is 0.0472 e. The van der Waals surface area contributed by atoms with Gasteiger partial charge < -0.3 is 15.0 Å². The molecule has 1 aliphatic heterocycles. The van der Waals surface area contributed by atoms with Crippen molar-refractivity contribution in [1.82, 2.24) is 10.2 Å². The van der Waals surface area contributed by atoms with Gasteiger partial charge in [0.05, 0.1) is 0 Å². The number of hydrogen-bond donors (Lipinski definition) is 1. The number of nitrogens with one attached hydrogen (secondary N) is 1. The van der Waals surface area contributed by atoms with Gasteiger partial charge in [-0.2, -0.15) is 0 Å². The van der Waals surface area contributed by atoms with Crippen LogP contribution in [0.2, 0.25) is 0 Å². The van der Waals surface area contributed by atoms with Crippen molar-refractivity contribution in [3.8, 4) is 0 Å². The summed E-state index contributed by atoms with van der Waals surface area (Å²) in [4.78, 5) is 2.46. The van der Waals surface area contributed by atoms with Gasteiger partial charge in [-0.3, -0.25) is 0 Å². The van der Waals surface area contributed by atoms with E-state index in [-0.39, 0.29) is 0 Å². The summed E-state index contributed by atoms with van der Waals surface area (Å²) in [5.41, 5.74) is 1.76. The monoisotopic (exact) mass is 276 g/mol. The highest BCUT2D eigenvalue weighted by Gasteiger charge is 2.33. The van der Waals surface area contributed by atoms with E-state index in [0.717, 1.165) is 39.4 Å². The van der Waals surface area contributed by atoms with Crippen LogP contribution in [0.5, 0.6) is 0 Å². The normalized spacial score (nSPS) is 18.4. The van der Waals surface area contributed by atoms with E-state index >= 15 is 0 Å². The van der Waals surface area contributed by atoms with Crippen molar-refractivity contribution in [2.75, 3.05) is 39.9 Å². The van der Waals surface area contributed by atoms with Crippen LogP contribution in [0.4, 0.5) is 0 Å². The highest BCUT2D eigenvalue weighted by Crippen LogP contribution is 2.31. The number of benzene rings is 1. The summed E-state index contributed by atoms with van der Waals surface area (Å²) in [6, 6.07) is 10.7.